The number of aryl methyl sites for hydroxylation is 1. The molecule has 1 aromatic heterocycles. The highest BCUT2D eigenvalue weighted by Gasteiger charge is 2.25. The summed E-state index contributed by atoms with van der Waals surface area (Å²) in [5, 5.41) is 18.1. The molecule has 0 radical (unpaired) electrons. The van der Waals surface area contributed by atoms with Crippen LogP contribution in [0.5, 0.6) is 0 Å². The molecule has 2 rings (SSSR count). The van der Waals surface area contributed by atoms with E-state index in [0.717, 1.165) is 17.1 Å². The quantitative estimate of drug-likeness (QED) is 0.526. The second-order valence-electron chi connectivity index (χ2n) is 4.09. The Morgan fingerprint density at radius 1 is 1.59 bits per heavy atom. The first kappa shape index (κ1) is 15.6. The van der Waals surface area contributed by atoms with Crippen molar-refractivity contribution in [2.45, 2.75) is 0 Å². The highest BCUT2D eigenvalue weighted by atomic mass is 35.5. The van der Waals surface area contributed by atoms with Gasteiger partial charge in [-0.2, -0.15) is 10.2 Å². The van der Waals surface area contributed by atoms with E-state index in [1.807, 2.05) is 0 Å². The number of carbonyl (C=O) groups excluding carboxylic acids is 1. The summed E-state index contributed by atoms with van der Waals surface area (Å²) < 4.78 is 14.5. The fourth-order valence-corrected chi connectivity index (χ4v) is 1.88. The first-order valence-corrected chi connectivity index (χ1v) is 6.23. The molecule has 0 bridgehead atoms. The normalized spacial score (nSPS) is 10.9. The van der Waals surface area contributed by atoms with E-state index < -0.39 is 22.3 Å². The van der Waals surface area contributed by atoms with Gasteiger partial charge >= 0.3 is 5.69 Å². The fourth-order valence-electron chi connectivity index (χ4n) is 1.67. The molecular weight excluding hydrogens is 317 g/mol. The zero-order valence-electron chi connectivity index (χ0n) is 11.2. The lowest BCUT2D eigenvalue weighted by Gasteiger charge is -2.01. The standard InChI is InChI=1S/C12H9ClFN5O3/c1-18-11(10(6-16-18)19(21)22)12(20)17-15-5-7-8(13)3-2-4-9(7)14/h2-6H,1H3,(H,17,20). The van der Waals surface area contributed by atoms with Crippen LogP contribution in [0.2, 0.25) is 5.02 Å². The molecule has 1 amide bonds. The zero-order valence-corrected chi connectivity index (χ0v) is 11.9. The summed E-state index contributed by atoms with van der Waals surface area (Å²) in [5.41, 5.74) is 1.32. The zero-order chi connectivity index (χ0) is 16.3. The lowest BCUT2D eigenvalue weighted by molar-refractivity contribution is -0.385. The maximum atomic E-state index is 13.5. The average molecular weight is 326 g/mol. The van der Waals surface area contributed by atoms with E-state index in [9.17, 15) is 19.3 Å². The number of amides is 1. The van der Waals surface area contributed by atoms with Crippen molar-refractivity contribution in [2.24, 2.45) is 12.1 Å². The van der Waals surface area contributed by atoms with Gasteiger partial charge in [0.25, 0.3) is 5.91 Å². The van der Waals surface area contributed by atoms with E-state index in [1.54, 1.807) is 0 Å². The molecule has 0 aliphatic heterocycles. The fraction of sp³-hybridized carbons (Fsp3) is 0.0833. The Hall–Kier alpha value is -2.81. The first-order valence-electron chi connectivity index (χ1n) is 5.85. The van der Waals surface area contributed by atoms with Crippen LogP contribution in [0.15, 0.2) is 29.5 Å². The number of aromatic nitrogens is 2. The summed E-state index contributed by atoms with van der Waals surface area (Å²) >= 11 is 5.79. The van der Waals surface area contributed by atoms with Gasteiger partial charge in [0.2, 0.25) is 5.69 Å². The van der Waals surface area contributed by atoms with Crippen molar-refractivity contribution < 1.29 is 14.1 Å². The molecule has 0 spiro atoms. The number of hydrogen-bond donors (Lipinski definition) is 1. The topological polar surface area (TPSA) is 102 Å². The molecule has 114 valence electrons. The summed E-state index contributed by atoms with van der Waals surface area (Å²) in [6.07, 6.45) is 1.96. The predicted molar refractivity (Wildman–Crippen MR) is 76.3 cm³/mol. The van der Waals surface area contributed by atoms with Crippen LogP contribution in [-0.4, -0.2) is 26.8 Å². The highest BCUT2D eigenvalue weighted by Crippen LogP contribution is 2.17. The van der Waals surface area contributed by atoms with Gasteiger partial charge in [-0.3, -0.25) is 19.6 Å². The van der Waals surface area contributed by atoms with Crippen LogP contribution in [0.1, 0.15) is 16.1 Å². The molecule has 1 aromatic carbocycles. The van der Waals surface area contributed by atoms with E-state index >= 15 is 0 Å². The number of rotatable bonds is 4. The van der Waals surface area contributed by atoms with Crippen molar-refractivity contribution in [1.29, 1.82) is 0 Å². The molecule has 2 aromatic rings. The van der Waals surface area contributed by atoms with Gasteiger partial charge in [0.1, 0.15) is 12.0 Å². The van der Waals surface area contributed by atoms with Crippen molar-refractivity contribution in [1.82, 2.24) is 15.2 Å². The summed E-state index contributed by atoms with van der Waals surface area (Å²) in [6.45, 7) is 0. The number of carbonyl (C=O) groups is 1. The van der Waals surface area contributed by atoms with Crippen LogP contribution in [-0.2, 0) is 7.05 Å². The van der Waals surface area contributed by atoms with E-state index in [4.69, 9.17) is 11.6 Å². The van der Waals surface area contributed by atoms with Gasteiger partial charge in [0.15, 0.2) is 0 Å². The molecule has 0 aliphatic carbocycles. The number of hydrazone groups is 1. The second-order valence-corrected chi connectivity index (χ2v) is 4.50. The molecule has 10 heteroatoms. The van der Waals surface area contributed by atoms with E-state index in [0.29, 0.717) is 0 Å². The van der Waals surface area contributed by atoms with Crippen LogP contribution in [0, 0.1) is 15.9 Å². The molecule has 0 fully saturated rings. The predicted octanol–water partition coefficient (Wildman–Crippen LogP) is 1.88. The Bertz CT molecular complexity index is 754. The molecule has 0 saturated heterocycles. The van der Waals surface area contributed by atoms with Gasteiger partial charge < -0.3 is 0 Å². The number of hydrogen-bond acceptors (Lipinski definition) is 5. The van der Waals surface area contributed by atoms with E-state index in [-0.39, 0.29) is 16.3 Å². The highest BCUT2D eigenvalue weighted by molar-refractivity contribution is 6.33. The van der Waals surface area contributed by atoms with Crippen molar-refractivity contribution >= 4 is 29.4 Å². The van der Waals surface area contributed by atoms with E-state index in [1.165, 1.54) is 25.2 Å². The molecular formula is C12H9ClFN5O3. The van der Waals surface area contributed by atoms with Gasteiger partial charge in [0, 0.05) is 12.6 Å². The van der Waals surface area contributed by atoms with Crippen molar-refractivity contribution in [3.8, 4) is 0 Å². The van der Waals surface area contributed by atoms with Crippen LogP contribution in [0.4, 0.5) is 10.1 Å². The maximum Gasteiger partial charge on any atom is 0.320 e. The Morgan fingerprint density at radius 2 is 2.32 bits per heavy atom. The van der Waals surface area contributed by atoms with Crippen LogP contribution in [0.3, 0.4) is 0 Å². The monoisotopic (exact) mass is 325 g/mol. The van der Waals surface area contributed by atoms with Crippen LogP contribution < -0.4 is 5.43 Å². The third-order valence-electron chi connectivity index (χ3n) is 2.69. The average Bonchev–Trinajstić information content (AvgIpc) is 2.84. The molecule has 0 saturated carbocycles. The molecule has 0 atom stereocenters. The summed E-state index contributed by atoms with van der Waals surface area (Å²) in [4.78, 5) is 21.9. The van der Waals surface area contributed by atoms with Gasteiger partial charge in [0.05, 0.1) is 16.2 Å². The molecule has 1 heterocycles. The van der Waals surface area contributed by atoms with Crippen LogP contribution in [0.25, 0.3) is 0 Å². The smallest absolute Gasteiger partial charge is 0.265 e. The Morgan fingerprint density at radius 3 is 2.95 bits per heavy atom. The summed E-state index contributed by atoms with van der Waals surface area (Å²) in [6, 6.07) is 4.06. The molecule has 22 heavy (non-hydrogen) atoms. The van der Waals surface area contributed by atoms with Gasteiger partial charge in [-0.1, -0.05) is 17.7 Å². The van der Waals surface area contributed by atoms with Gasteiger partial charge in [-0.15, -0.1) is 0 Å². The maximum absolute atomic E-state index is 13.5. The minimum Gasteiger partial charge on any atom is -0.265 e. The minimum absolute atomic E-state index is 0.0102. The van der Waals surface area contributed by atoms with Crippen LogP contribution >= 0.6 is 11.6 Å². The van der Waals surface area contributed by atoms with Crippen molar-refractivity contribution in [3.63, 3.8) is 0 Å². The Labute approximate surface area is 128 Å². The SMILES string of the molecule is Cn1ncc([N+](=O)[O-])c1C(=O)NN=Cc1c(F)cccc1Cl. The Kier molecular flexibility index (Phi) is 4.47. The first-order chi connectivity index (χ1) is 10.4. The number of halogens is 2. The third-order valence-corrected chi connectivity index (χ3v) is 3.02. The lowest BCUT2D eigenvalue weighted by atomic mass is 10.2. The minimum atomic E-state index is -0.851. The largest absolute Gasteiger partial charge is 0.320 e. The lowest BCUT2D eigenvalue weighted by Crippen LogP contribution is -2.22. The van der Waals surface area contributed by atoms with Crippen molar-refractivity contribution in [2.75, 3.05) is 0 Å². The van der Waals surface area contributed by atoms with E-state index in [2.05, 4.69) is 15.6 Å². The summed E-state index contributed by atoms with van der Waals surface area (Å²) in [7, 11) is 1.37. The summed E-state index contributed by atoms with van der Waals surface area (Å²) in [5.74, 6) is -1.47. The molecule has 8 nitrogen and oxygen atoms in total. The Balaban J connectivity index is 2.19. The number of nitro groups is 1. The molecule has 0 aliphatic rings. The molecule has 1 N–H and O–H groups in total. The third kappa shape index (κ3) is 3.09. The molecule has 0 unspecified atom stereocenters. The number of nitrogens with one attached hydrogen (secondary N) is 1. The van der Waals surface area contributed by atoms with Gasteiger partial charge in [-0.25, -0.2) is 9.82 Å². The van der Waals surface area contributed by atoms with Gasteiger partial charge in [-0.05, 0) is 12.1 Å². The second kappa shape index (κ2) is 6.31. The number of benzene rings is 1. The number of nitrogens with zero attached hydrogens (tertiary/aromatic N) is 4. The van der Waals surface area contributed by atoms with Crippen molar-refractivity contribution in [3.05, 3.63) is 56.6 Å².